The molecule has 1 atom stereocenters. The van der Waals surface area contributed by atoms with E-state index >= 15 is 0 Å². The van der Waals surface area contributed by atoms with Gasteiger partial charge >= 0.3 is 0 Å². The number of nitrogens with zero attached hydrogens (tertiary/aromatic N) is 2. The number of fused-ring (bicyclic) bond motifs is 1. The lowest BCUT2D eigenvalue weighted by Crippen LogP contribution is -2.16. The first kappa shape index (κ1) is 20.9. The molecule has 6 heteroatoms. The number of aryl methyl sites for hydroxylation is 1. The first-order valence-corrected chi connectivity index (χ1v) is 10.6. The maximum absolute atomic E-state index is 5.99. The summed E-state index contributed by atoms with van der Waals surface area (Å²) < 4.78 is 11.7. The summed E-state index contributed by atoms with van der Waals surface area (Å²) in [5.41, 5.74) is 11.0. The molecule has 0 saturated carbocycles. The molecule has 3 N–H and O–H groups in total. The number of imidazole rings is 1. The van der Waals surface area contributed by atoms with Crippen LogP contribution in [0.15, 0.2) is 71.4 Å². The summed E-state index contributed by atoms with van der Waals surface area (Å²) in [6.07, 6.45) is 13.9. The molecule has 6 nitrogen and oxygen atoms in total. The molecule has 160 valence electrons. The van der Waals surface area contributed by atoms with Crippen molar-refractivity contribution >= 4 is 11.9 Å². The quantitative estimate of drug-likeness (QED) is 0.680. The topological polar surface area (TPSA) is 85.5 Å². The number of hydrogen-bond donors (Lipinski definition) is 2. The number of benzene rings is 1. The van der Waals surface area contributed by atoms with Gasteiger partial charge < -0.3 is 20.2 Å². The zero-order valence-electron chi connectivity index (χ0n) is 17.8. The molecular weight excluding hydrogens is 388 g/mol. The Hall–Kier alpha value is -3.38. The summed E-state index contributed by atoms with van der Waals surface area (Å²) in [5.74, 6) is 2.09. The number of methoxy groups -OCH3 is 1. The van der Waals surface area contributed by atoms with Crippen LogP contribution in [0.3, 0.4) is 0 Å². The van der Waals surface area contributed by atoms with Crippen LogP contribution in [-0.2, 0) is 17.8 Å². The molecule has 1 aliphatic heterocycles. The minimum Gasteiger partial charge on any atom is -0.486 e. The second kappa shape index (κ2) is 9.62. The number of aromatic nitrogens is 2. The van der Waals surface area contributed by atoms with E-state index in [9.17, 15) is 0 Å². The molecule has 2 aliphatic rings. The Bertz CT molecular complexity index is 1060. The van der Waals surface area contributed by atoms with Crippen LogP contribution in [0.4, 0.5) is 0 Å². The maximum Gasteiger partial charge on any atom is 0.146 e. The Labute approximate surface area is 182 Å². The van der Waals surface area contributed by atoms with Gasteiger partial charge in [-0.3, -0.25) is 0 Å². The molecule has 31 heavy (non-hydrogen) atoms. The number of nitrogens with one attached hydrogen (secondary N) is 1. The molecule has 1 unspecified atom stereocenters. The molecule has 1 aromatic carbocycles. The van der Waals surface area contributed by atoms with Crippen LogP contribution in [0.1, 0.15) is 48.1 Å². The van der Waals surface area contributed by atoms with E-state index in [2.05, 4.69) is 33.7 Å². The predicted octanol–water partition coefficient (Wildman–Crippen LogP) is 4.78. The van der Waals surface area contributed by atoms with Crippen molar-refractivity contribution in [2.75, 3.05) is 7.11 Å². The number of amidine groups is 1. The second-order valence-electron chi connectivity index (χ2n) is 7.58. The first-order valence-electron chi connectivity index (χ1n) is 10.6. The summed E-state index contributed by atoms with van der Waals surface area (Å²) in [7, 11) is 1.67. The lowest BCUT2D eigenvalue weighted by atomic mass is 9.96. The highest BCUT2D eigenvalue weighted by molar-refractivity contribution is 6.04. The molecule has 2 aromatic rings. The Morgan fingerprint density at radius 3 is 2.87 bits per heavy atom. The van der Waals surface area contributed by atoms with Crippen molar-refractivity contribution in [3.63, 3.8) is 0 Å². The fraction of sp³-hybridized carbons (Fsp3) is 0.280. The Morgan fingerprint density at radius 2 is 2.10 bits per heavy atom. The number of hydrogen-bond acceptors (Lipinski definition) is 5. The van der Waals surface area contributed by atoms with Crippen LogP contribution >= 0.6 is 0 Å². The van der Waals surface area contributed by atoms with Gasteiger partial charge in [-0.25, -0.2) is 9.98 Å². The van der Waals surface area contributed by atoms with Crippen molar-refractivity contribution in [3.05, 3.63) is 89.2 Å². The lowest BCUT2D eigenvalue weighted by molar-refractivity contribution is 0.135. The molecule has 0 spiro atoms. The lowest BCUT2D eigenvalue weighted by Gasteiger charge is -2.19. The van der Waals surface area contributed by atoms with Crippen molar-refractivity contribution < 1.29 is 9.47 Å². The SMILES string of the molecule is C=C/C=C1/C(C(OC)c2ccc(OCc3nc4c([nH]3)CCCC/C=C\4)cc2)=CN=C1N. The van der Waals surface area contributed by atoms with Gasteiger partial charge in [-0.1, -0.05) is 36.9 Å². The molecule has 0 amide bonds. The number of H-pyrrole nitrogens is 1. The van der Waals surface area contributed by atoms with Crippen LogP contribution in [0.25, 0.3) is 6.08 Å². The third-order valence-corrected chi connectivity index (χ3v) is 5.47. The molecule has 2 heterocycles. The highest BCUT2D eigenvalue weighted by Gasteiger charge is 2.24. The fourth-order valence-electron chi connectivity index (χ4n) is 3.90. The molecular formula is C25H28N4O2. The Balaban J connectivity index is 1.43. The zero-order valence-corrected chi connectivity index (χ0v) is 17.8. The molecule has 0 fully saturated rings. The van der Waals surface area contributed by atoms with Gasteiger partial charge in [0, 0.05) is 30.1 Å². The number of rotatable bonds is 7. The van der Waals surface area contributed by atoms with Gasteiger partial charge in [0.25, 0.3) is 0 Å². The Kier molecular flexibility index (Phi) is 6.48. The van der Waals surface area contributed by atoms with E-state index in [1.54, 1.807) is 19.4 Å². The highest BCUT2D eigenvalue weighted by atomic mass is 16.5. The molecule has 0 radical (unpaired) electrons. The number of allylic oxidation sites excluding steroid dienone is 3. The Morgan fingerprint density at radius 1 is 1.26 bits per heavy atom. The molecule has 1 aromatic heterocycles. The van der Waals surface area contributed by atoms with E-state index in [0.717, 1.165) is 46.8 Å². The largest absolute Gasteiger partial charge is 0.486 e. The van der Waals surface area contributed by atoms with E-state index in [0.29, 0.717) is 12.4 Å². The van der Waals surface area contributed by atoms with Crippen LogP contribution < -0.4 is 10.5 Å². The van der Waals surface area contributed by atoms with E-state index in [4.69, 9.17) is 15.2 Å². The summed E-state index contributed by atoms with van der Waals surface area (Å²) in [6, 6.07) is 7.87. The van der Waals surface area contributed by atoms with Crippen LogP contribution in [0, 0.1) is 0 Å². The number of aromatic amines is 1. The minimum atomic E-state index is -0.276. The summed E-state index contributed by atoms with van der Waals surface area (Å²) in [6.45, 7) is 4.15. The number of nitrogens with two attached hydrogens (primary N) is 1. The normalized spacial score (nSPS) is 19.1. The number of aliphatic imine (C=N–C) groups is 1. The van der Waals surface area contributed by atoms with Crippen LogP contribution in [0.2, 0.25) is 0 Å². The summed E-state index contributed by atoms with van der Waals surface area (Å²) >= 11 is 0. The van der Waals surface area contributed by atoms with Gasteiger partial charge in [-0.2, -0.15) is 0 Å². The molecule has 0 saturated heterocycles. The van der Waals surface area contributed by atoms with Gasteiger partial charge in [0.1, 0.15) is 30.1 Å². The summed E-state index contributed by atoms with van der Waals surface area (Å²) in [5, 5.41) is 0. The first-order chi connectivity index (χ1) is 15.2. The van der Waals surface area contributed by atoms with Crippen molar-refractivity contribution in [1.82, 2.24) is 9.97 Å². The summed E-state index contributed by atoms with van der Waals surface area (Å²) in [4.78, 5) is 12.3. The van der Waals surface area contributed by atoms with Crippen molar-refractivity contribution in [1.29, 1.82) is 0 Å². The van der Waals surface area contributed by atoms with Gasteiger partial charge in [0.05, 0.1) is 5.69 Å². The minimum absolute atomic E-state index is 0.276. The van der Waals surface area contributed by atoms with E-state index < -0.39 is 0 Å². The second-order valence-corrected chi connectivity index (χ2v) is 7.58. The third kappa shape index (κ3) is 4.70. The van der Waals surface area contributed by atoms with E-state index in [1.165, 1.54) is 18.5 Å². The molecule has 0 bridgehead atoms. The third-order valence-electron chi connectivity index (χ3n) is 5.47. The van der Waals surface area contributed by atoms with Crippen LogP contribution in [0.5, 0.6) is 5.75 Å². The average molecular weight is 417 g/mol. The molecule has 1 aliphatic carbocycles. The van der Waals surface area contributed by atoms with Crippen molar-refractivity contribution in [2.24, 2.45) is 10.7 Å². The van der Waals surface area contributed by atoms with Crippen LogP contribution in [-0.4, -0.2) is 22.9 Å². The van der Waals surface area contributed by atoms with Gasteiger partial charge in [0.2, 0.25) is 0 Å². The zero-order chi connectivity index (χ0) is 21.6. The predicted molar refractivity (Wildman–Crippen MR) is 124 cm³/mol. The standard InChI is InChI=1S/C25H28N4O2/c1-3-8-19-20(15-27-25(19)26)24(30-2)17-11-13-18(14-12-17)31-16-23-28-21-9-6-4-5-7-10-22(21)29-23/h3,6,8-9,11-15,24H,1,4-5,7,10,16H2,2H3,(H2,26,27)(H,28,29)/b9-6-,19-8-. The molecule has 4 rings (SSSR count). The average Bonchev–Trinajstić information content (AvgIpc) is 3.32. The number of ether oxygens (including phenoxy) is 2. The highest BCUT2D eigenvalue weighted by Crippen LogP contribution is 2.34. The smallest absolute Gasteiger partial charge is 0.146 e. The maximum atomic E-state index is 5.99. The fourth-order valence-corrected chi connectivity index (χ4v) is 3.90. The van der Waals surface area contributed by atoms with Gasteiger partial charge in [0.15, 0.2) is 0 Å². The van der Waals surface area contributed by atoms with E-state index in [-0.39, 0.29) is 6.10 Å². The van der Waals surface area contributed by atoms with E-state index in [1.807, 2.05) is 30.3 Å². The van der Waals surface area contributed by atoms with Crippen molar-refractivity contribution in [3.8, 4) is 5.75 Å². The van der Waals surface area contributed by atoms with Gasteiger partial charge in [-0.15, -0.1) is 0 Å². The van der Waals surface area contributed by atoms with Gasteiger partial charge in [-0.05, 0) is 49.5 Å². The monoisotopic (exact) mass is 416 g/mol. The van der Waals surface area contributed by atoms with Crippen molar-refractivity contribution in [2.45, 2.75) is 38.4 Å².